The van der Waals surface area contributed by atoms with E-state index in [9.17, 15) is 9.59 Å². The van der Waals surface area contributed by atoms with Crippen LogP contribution in [0, 0.1) is 0 Å². The number of hydrogen-bond acceptors (Lipinski definition) is 4. The van der Waals surface area contributed by atoms with Crippen LogP contribution in [0.25, 0.3) is 0 Å². The van der Waals surface area contributed by atoms with Crippen molar-refractivity contribution >= 4 is 28.4 Å². The summed E-state index contributed by atoms with van der Waals surface area (Å²) in [7, 11) is 0. The number of nitrogens with one attached hydrogen (secondary N) is 2. The van der Waals surface area contributed by atoms with Crippen LogP contribution in [-0.4, -0.2) is 23.5 Å². The minimum atomic E-state index is -0.507. The van der Waals surface area contributed by atoms with Crippen molar-refractivity contribution in [1.29, 1.82) is 0 Å². The van der Waals surface area contributed by atoms with Crippen LogP contribution in [0.1, 0.15) is 51.1 Å². The highest BCUT2D eigenvalue weighted by molar-refractivity contribution is 7.13. The van der Waals surface area contributed by atoms with Crippen molar-refractivity contribution in [1.82, 2.24) is 10.3 Å². The molecule has 112 valence electrons. The number of nitrogens with zero attached hydrogens (tertiary/aromatic N) is 1. The summed E-state index contributed by atoms with van der Waals surface area (Å²) < 4.78 is 0. The third-order valence-corrected chi connectivity index (χ3v) is 3.52. The molecule has 0 saturated heterocycles. The van der Waals surface area contributed by atoms with Gasteiger partial charge in [-0.3, -0.25) is 4.79 Å². The van der Waals surface area contributed by atoms with Crippen molar-refractivity contribution in [2.75, 3.05) is 11.9 Å². The number of hydrogen-bond donors (Lipinski definition) is 3. The van der Waals surface area contributed by atoms with E-state index in [0.29, 0.717) is 24.0 Å². The van der Waals surface area contributed by atoms with E-state index in [1.165, 1.54) is 11.3 Å². The Kier molecular flexibility index (Phi) is 7.00. The van der Waals surface area contributed by atoms with Gasteiger partial charge in [-0.2, -0.15) is 0 Å². The highest BCUT2D eigenvalue weighted by Crippen LogP contribution is 2.21. The van der Waals surface area contributed by atoms with Crippen LogP contribution in [0.4, 0.5) is 9.93 Å². The first-order chi connectivity index (χ1) is 9.49. The Balaban J connectivity index is 2.15. The first kappa shape index (κ1) is 16.4. The molecule has 1 aromatic rings. The maximum absolute atomic E-state index is 11.7. The van der Waals surface area contributed by atoms with Crippen LogP contribution in [-0.2, 0) is 4.79 Å². The van der Waals surface area contributed by atoms with Gasteiger partial charge < -0.3 is 16.4 Å². The zero-order valence-electron chi connectivity index (χ0n) is 11.9. The van der Waals surface area contributed by atoms with Gasteiger partial charge in [0.1, 0.15) is 0 Å². The highest BCUT2D eigenvalue weighted by atomic mass is 32.1. The summed E-state index contributed by atoms with van der Waals surface area (Å²) in [5, 5.41) is 7.95. The lowest BCUT2D eigenvalue weighted by Crippen LogP contribution is -2.29. The maximum atomic E-state index is 11.7. The predicted molar refractivity (Wildman–Crippen MR) is 80.9 cm³/mol. The summed E-state index contributed by atoms with van der Waals surface area (Å²) in [5.41, 5.74) is 5.95. The minimum Gasteiger partial charge on any atom is -0.352 e. The van der Waals surface area contributed by atoms with Gasteiger partial charge in [0.05, 0.1) is 5.69 Å². The number of thiazole rings is 1. The number of rotatable bonds is 8. The SMILES string of the molecule is CC(C)c1csc(NC(=O)CCCCCNC(N)=O)n1. The standard InChI is InChI=1S/C13H22N4O2S/c1-9(2)10-8-20-13(16-10)17-11(18)6-4-3-5-7-15-12(14)19/h8-9H,3-7H2,1-2H3,(H3,14,15,19)(H,16,17,18). The number of urea groups is 1. The molecule has 0 saturated carbocycles. The summed E-state index contributed by atoms with van der Waals surface area (Å²) in [6.07, 6.45) is 2.95. The third kappa shape index (κ3) is 6.51. The van der Waals surface area contributed by atoms with Gasteiger partial charge in [-0.15, -0.1) is 11.3 Å². The first-order valence-electron chi connectivity index (χ1n) is 6.77. The second kappa shape index (κ2) is 8.52. The number of aromatic nitrogens is 1. The number of carbonyl (C=O) groups is 2. The van der Waals surface area contributed by atoms with Crippen molar-refractivity contribution in [3.63, 3.8) is 0 Å². The molecule has 20 heavy (non-hydrogen) atoms. The van der Waals surface area contributed by atoms with E-state index in [1.807, 2.05) is 5.38 Å². The quantitative estimate of drug-likeness (QED) is 0.643. The molecule has 6 nitrogen and oxygen atoms in total. The van der Waals surface area contributed by atoms with Crippen molar-refractivity contribution in [2.24, 2.45) is 5.73 Å². The predicted octanol–water partition coefficient (Wildman–Crippen LogP) is 2.43. The van der Waals surface area contributed by atoms with Crippen LogP contribution in [0.5, 0.6) is 0 Å². The fourth-order valence-corrected chi connectivity index (χ4v) is 2.48. The van der Waals surface area contributed by atoms with E-state index in [2.05, 4.69) is 29.5 Å². The molecule has 7 heteroatoms. The summed E-state index contributed by atoms with van der Waals surface area (Å²) in [6, 6.07) is -0.507. The van der Waals surface area contributed by atoms with Gasteiger partial charge >= 0.3 is 6.03 Å². The number of anilines is 1. The fourth-order valence-electron chi connectivity index (χ4n) is 1.59. The lowest BCUT2D eigenvalue weighted by atomic mass is 10.2. The molecule has 0 aliphatic carbocycles. The number of nitrogens with two attached hydrogens (primary N) is 1. The molecule has 4 N–H and O–H groups in total. The normalized spacial score (nSPS) is 10.6. The summed E-state index contributed by atoms with van der Waals surface area (Å²) in [4.78, 5) is 26.5. The first-order valence-corrected chi connectivity index (χ1v) is 7.65. The monoisotopic (exact) mass is 298 g/mol. The Morgan fingerprint density at radius 1 is 1.35 bits per heavy atom. The second-order valence-corrected chi connectivity index (χ2v) is 5.74. The molecule has 0 aromatic carbocycles. The van der Waals surface area contributed by atoms with Crippen LogP contribution in [0.3, 0.4) is 0 Å². The highest BCUT2D eigenvalue weighted by Gasteiger charge is 2.08. The molecule has 1 aromatic heterocycles. The van der Waals surface area contributed by atoms with Gasteiger partial charge in [-0.05, 0) is 18.8 Å². The van der Waals surface area contributed by atoms with Crippen molar-refractivity contribution in [3.05, 3.63) is 11.1 Å². The van der Waals surface area contributed by atoms with E-state index in [-0.39, 0.29) is 5.91 Å². The molecule has 3 amide bonds. The Morgan fingerprint density at radius 3 is 2.70 bits per heavy atom. The maximum Gasteiger partial charge on any atom is 0.312 e. The Labute approximate surface area is 123 Å². The van der Waals surface area contributed by atoms with E-state index in [0.717, 1.165) is 25.0 Å². The van der Waals surface area contributed by atoms with Crippen LogP contribution >= 0.6 is 11.3 Å². The van der Waals surface area contributed by atoms with Crippen molar-refractivity contribution in [3.8, 4) is 0 Å². The smallest absolute Gasteiger partial charge is 0.312 e. The number of amides is 3. The average molecular weight is 298 g/mol. The molecular weight excluding hydrogens is 276 g/mol. The number of primary amides is 1. The molecule has 0 fully saturated rings. The Bertz CT molecular complexity index is 445. The molecule has 0 unspecified atom stereocenters. The summed E-state index contributed by atoms with van der Waals surface area (Å²) in [6.45, 7) is 4.70. The molecule has 1 heterocycles. The van der Waals surface area contributed by atoms with E-state index >= 15 is 0 Å². The Hall–Kier alpha value is -1.63. The fraction of sp³-hybridized carbons (Fsp3) is 0.615. The molecule has 0 aliphatic heterocycles. The van der Waals surface area contributed by atoms with Gasteiger partial charge in [0, 0.05) is 18.3 Å². The van der Waals surface area contributed by atoms with Gasteiger partial charge in [0.25, 0.3) is 0 Å². The van der Waals surface area contributed by atoms with Crippen LogP contribution < -0.4 is 16.4 Å². The lowest BCUT2D eigenvalue weighted by Gasteiger charge is -2.03. The Morgan fingerprint density at radius 2 is 2.10 bits per heavy atom. The van der Waals surface area contributed by atoms with Crippen molar-refractivity contribution in [2.45, 2.75) is 45.4 Å². The molecule has 1 rings (SSSR count). The van der Waals surface area contributed by atoms with Crippen molar-refractivity contribution < 1.29 is 9.59 Å². The van der Waals surface area contributed by atoms with Crippen LogP contribution in [0.15, 0.2) is 5.38 Å². The minimum absolute atomic E-state index is 0.0162. The van der Waals surface area contributed by atoms with E-state index in [1.54, 1.807) is 0 Å². The van der Waals surface area contributed by atoms with Gasteiger partial charge in [-0.25, -0.2) is 9.78 Å². The largest absolute Gasteiger partial charge is 0.352 e. The lowest BCUT2D eigenvalue weighted by molar-refractivity contribution is -0.116. The average Bonchev–Trinajstić information content (AvgIpc) is 2.81. The molecule has 0 bridgehead atoms. The second-order valence-electron chi connectivity index (χ2n) is 4.88. The zero-order chi connectivity index (χ0) is 15.0. The summed E-state index contributed by atoms with van der Waals surface area (Å²) >= 11 is 1.45. The summed E-state index contributed by atoms with van der Waals surface area (Å²) in [5.74, 6) is 0.354. The number of unbranched alkanes of at least 4 members (excludes halogenated alkanes) is 2. The molecule has 0 atom stereocenters. The van der Waals surface area contributed by atoms with Gasteiger partial charge in [-0.1, -0.05) is 20.3 Å². The molecule has 0 spiro atoms. The number of carbonyl (C=O) groups excluding carboxylic acids is 2. The van der Waals surface area contributed by atoms with Gasteiger partial charge in [0.2, 0.25) is 5.91 Å². The third-order valence-electron chi connectivity index (χ3n) is 2.74. The molecular formula is C13H22N4O2S. The van der Waals surface area contributed by atoms with Gasteiger partial charge in [0.15, 0.2) is 5.13 Å². The van der Waals surface area contributed by atoms with E-state index in [4.69, 9.17) is 5.73 Å². The molecule has 0 radical (unpaired) electrons. The molecule has 0 aliphatic rings. The van der Waals surface area contributed by atoms with Crippen LogP contribution in [0.2, 0.25) is 0 Å². The zero-order valence-corrected chi connectivity index (χ0v) is 12.8. The van der Waals surface area contributed by atoms with E-state index < -0.39 is 6.03 Å². The topological polar surface area (TPSA) is 97.1 Å².